The standard InChI is InChI=1S/C21H27N3O4S/c1-21(2,3)24(20(26)27)14-9-13(10-14)23-19(25)12-7-15(8-12)28-16-5-4-6-17-18(16)22-11-29-17/h4-6,11-15H,7-10H2,1-3H3,(H,23,25)(H,26,27)/t12?,13-,14-,15?. The molecular formula is C21H27N3O4S. The summed E-state index contributed by atoms with van der Waals surface area (Å²) in [6, 6.07) is 5.93. The minimum atomic E-state index is -0.901. The number of carbonyl (C=O) groups is 2. The zero-order valence-electron chi connectivity index (χ0n) is 16.9. The summed E-state index contributed by atoms with van der Waals surface area (Å²) in [4.78, 5) is 29.9. The van der Waals surface area contributed by atoms with Crippen molar-refractivity contribution in [1.82, 2.24) is 15.2 Å². The van der Waals surface area contributed by atoms with Crippen LogP contribution in [0.25, 0.3) is 10.2 Å². The average molecular weight is 418 g/mol. The molecule has 2 N–H and O–H groups in total. The molecule has 8 heteroatoms. The van der Waals surface area contributed by atoms with Gasteiger partial charge in [-0.2, -0.15) is 0 Å². The Morgan fingerprint density at radius 2 is 1.97 bits per heavy atom. The smallest absolute Gasteiger partial charge is 0.407 e. The molecule has 0 aliphatic heterocycles. The van der Waals surface area contributed by atoms with Gasteiger partial charge in [0.2, 0.25) is 5.91 Å². The van der Waals surface area contributed by atoms with Gasteiger partial charge in [0, 0.05) is 23.5 Å². The fourth-order valence-corrected chi connectivity index (χ4v) is 4.93. The highest BCUT2D eigenvalue weighted by Gasteiger charge is 2.43. The highest BCUT2D eigenvalue weighted by atomic mass is 32.1. The number of carbonyl (C=O) groups excluding carboxylic acids is 1. The van der Waals surface area contributed by atoms with Crippen LogP contribution in [0.1, 0.15) is 46.5 Å². The van der Waals surface area contributed by atoms with E-state index in [1.807, 2.05) is 44.5 Å². The monoisotopic (exact) mass is 417 g/mol. The SMILES string of the molecule is CC(C)(C)N(C(=O)O)[C@H]1C[C@H](NC(=O)C2CC(Oc3cccc4scnc34)C2)C1. The second kappa shape index (κ2) is 7.48. The lowest BCUT2D eigenvalue weighted by Crippen LogP contribution is -2.61. The lowest BCUT2D eigenvalue weighted by molar-refractivity contribution is -0.132. The number of nitrogens with one attached hydrogen (secondary N) is 1. The summed E-state index contributed by atoms with van der Waals surface area (Å²) in [7, 11) is 0. The van der Waals surface area contributed by atoms with Crippen molar-refractivity contribution in [2.75, 3.05) is 0 Å². The lowest BCUT2D eigenvalue weighted by atomic mass is 9.79. The molecule has 0 atom stereocenters. The molecule has 0 unspecified atom stereocenters. The van der Waals surface area contributed by atoms with E-state index in [4.69, 9.17) is 4.74 Å². The third kappa shape index (κ3) is 4.03. The van der Waals surface area contributed by atoms with Gasteiger partial charge in [0.1, 0.15) is 17.4 Å². The van der Waals surface area contributed by atoms with Crippen molar-refractivity contribution in [1.29, 1.82) is 0 Å². The predicted molar refractivity (Wildman–Crippen MR) is 111 cm³/mol. The molecule has 0 spiro atoms. The van der Waals surface area contributed by atoms with Crippen molar-refractivity contribution >= 4 is 33.6 Å². The summed E-state index contributed by atoms with van der Waals surface area (Å²) < 4.78 is 7.15. The maximum atomic E-state index is 12.5. The van der Waals surface area contributed by atoms with Gasteiger partial charge in [-0.1, -0.05) is 6.07 Å². The van der Waals surface area contributed by atoms with Crippen molar-refractivity contribution in [3.63, 3.8) is 0 Å². The van der Waals surface area contributed by atoms with Gasteiger partial charge in [0.15, 0.2) is 0 Å². The number of rotatable bonds is 5. The molecule has 2 amide bonds. The first-order valence-corrected chi connectivity index (χ1v) is 10.9. The lowest BCUT2D eigenvalue weighted by Gasteiger charge is -2.48. The van der Waals surface area contributed by atoms with Crippen LogP contribution in [-0.2, 0) is 4.79 Å². The summed E-state index contributed by atoms with van der Waals surface area (Å²) in [6.45, 7) is 5.69. The van der Waals surface area contributed by atoms with E-state index in [9.17, 15) is 14.7 Å². The molecule has 1 aromatic heterocycles. The van der Waals surface area contributed by atoms with E-state index in [1.54, 1.807) is 11.3 Å². The molecule has 7 nitrogen and oxygen atoms in total. The minimum Gasteiger partial charge on any atom is -0.488 e. The van der Waals surface area contributed by atoms with Crippen molar-refractivity contribution < 1.29 is 19.4 Å². The Labute approximate surface area is 174 Å². The molecule has 2 aliphatic carbocycles. The van der Waals surface area contributed by atoms with Gasteiger partial charge in [-0.25, -0.2) is 9.78 Å². The highest BCUT2D eigenvalue weighted by Crippen LogP contribution is 2.36. The first-order chi connectivity index (χ1) is 13.7. The van der Waals surface area contributed by atoms with Crippen molar-refractivity contribution in [3.05, 3.63) is 23.7 Å². The highest BCUT2D eigenvalue weighted by molar-refractivity contribution is 7.16. The second-order valence-electron chi connectivity index (χ2n) is 9.02. The summed E-state index contributed by atoms with van der Waals surface area (Å²) in [5, 5.41) is 12.5. The van der Waals surface area contributed by atoms with E-state index >= 15 is 0 Å². The maximum absolute atomic E-state index is 12.5. The number of benzene rings is 1. The minimum absolute atomic E-state index is 0.0335. The summed E-state index contributed by atoms with van der Waals surface area (Å²) in [5.41, 5.74) is 2.25. The molecular weight excluding hydrogens is 390 g/mol. The van der Waals surface area contributed by atoms with Crippen LogP contribution >= 0.6 is 11.3 Å². The van der Waals surface area contributed by atoms with E-state index in [1.165, 1.54) is 4.90 Å². The van der Waals surface area contributed by atoms with Gasteiger partial charge < -0.3 is 20.1 Å². The third-order valence-electron chi connectivity index (χ3n) is 5.84. The van der Waals surface area contributed by atoms with Gasteiger partial charge >= 0.3 is 6.09 Å². The number of ether oxygens (including phenoxy) is 1. The molecule has 29 heavy (non-hydrogen) atoms. The van der Waals surface area contributed by atoms with Gasteiger partial charge in [-0.3, -0.25) is 4.79 Å². The van der Waals surface area contributed by atoms with E-state index < -0.39 is 11.6 Å². The number of hydrogen-bond donors (Lipinski definition) is 2. The third-order valence-corrected chi connectivity index (χ3v) is 6.63. The quantitative estimate of drug-likeness (QED) is 0.770. The van der Waals surface area contributed by atoms with E-state index in [0.29, 0.717) is 25.7 Å². The Kier molecular flexibility index (Phi) is 5.14. The van der Waals surface area contributed by atoms with Crippen LogP contribution in [0.3, 0.4) is 0 Å². The van der Waals surface area contributed by atoms with Crippen LogP contribution in [0.15, 0.2) is 23.7 Å². The van der Waals surface area contributed by atoms with E-state index in [-0.39, 0.29) is 30.0 Å². The summed E-state index contributed by atoms with van der Waals surface area (Å²) in [6.07, 6.45) is 1.89. The molecule has 156 valence electrons. The molecule has 2 aromatic rings. The van der Waals surface area contributed by atoms with Crippen LogP contribution in [0.4, 0.5) is 4.79 Å². The Morgan fingerprint density at radius 1 is 1.24 bits per heavy atom. The Hall–Kier alpha value is -2.35. The molecule has 1 heterocycles. The summed E-state index contributed by atoms with van der Waals surface area (Å²) >= 11 is 1.59. The van der Waals surface area contributed by atoms with Crippen LogP contribution in [0, 0.1) is 5.92 Å². The number of carboxylic acid groups (broad SMARTS) is 1. The maximum Gasteiger partial charge on any atom is 0.407 e. The predicted octanol–water partition coefficient (Wildman–Crippen LogP) is 3.88. The normalized spacial score (nSPS) is 26.3. The van der Waals surface area contributed by atoms with Crippen molar-refractivity contribution in [3.8, 4) is 5.75 Å². The molecule has 2 fully saturated rings. The van der Waals surface area contributed by atoms with Gasteiger partial charge in [0.25, 0.3) is 0 Å². The van der Waals surface area contributed by atoms with Gasteiger partial charge in [0.05, 0.1) is 10.2 Å². The van der Waals surface area contributed by atoms with E-state index in [0.717, 1.165) is 16.0 Å². The number of para-hydroxylation sites is 1. The zero-order valence-corrected chi connectivity index (χ0v) is 17.7. The first-order valence-electron chi connectivity index (χ1n) is 10.0. The van der Waals surface area contributed by atoms with Crippen LogP contribution in [0.5, 0.6) is 5.75 Å². The molecule has 0 saturated heterocycles. The number of amides is 2. The molecule has 0 bridgehead atoms. The second-order valence-corrected chi connectivity index (χ2v) is 9.90. The van der Waals surface area contributed by atoms with E-state index in [2.05, 4.69) is 10.3 Å². The van der Waals surface area contributed by atoms with Gasteiger partial charge in [-0.15, -0.1) is 11.3 Å². The number of fused-ring (bicyclic) bond motifs is 1. The first kappa shape index (κ1) is 19.9. The fraction of sp³-hybridized carbons (Fsp3) is 0.571. The molecule has 0 radical (unpaired) electrons. The van der Waals surface area contributed by atoms with Crippen molar-refractivity contribution in [2.45, 2.75) is 70.2 Å². The average Bonchev–Trinajstić information content (AvgIpc) is 3.03. The Morgan fingerprint density at radius 3 is 2.62 bits per heavy atom. The molecule has 4 rings (SSSR count). The molecule has 2 saturated carbocycles. The molecule has 1 aromatic carbocycles. The Bertz CT molecular complexity index is 910. The Balaban J connectivity index is 1.23. The van der Waals surface area contributed by atoms with Crippen LogP contribution in [0.2, 0.25) is 0 Å². The van der Waals surface area contributed by atoms with Crippen molar-refractivity contribution in [2.24, 2.45) is 5.92 Å². The topological polar surface area (TPSA) is 91.8 Å². The summed E-state index contributed by atoms with van der Waals surface area (Å²) in [5.74, 6) is 0.801. The number of thiazole rings is 1. The molecule has 2 aliphatic rings. The number of aromatic nitrogens is 1. The van der Waals surface area contributed by atoms with Crippen LogP contribution < -0.4 is 10.1 Å². The largest absolute Gasteiger partial charge is 0.488 e. The number of nitrogens with zero attached hydrogens (tertiary/aromatic N) is 2. The van der Waals surface area contributed by atoms with Gasteiger partial charge in [-0.05, 0) is 58.6 Å². The zero-order chi connectivity index (χ0) is 20.8. The number of hydrogen-bond acceptors (Lipinski definition) is 5. The van der Waals surface area contributed by atoms with Crippen LogP contribution in [-0.4, -0.2) is 50.7 Å². The fourth-order valence-electron chi connectivity index (χ4n) is 4.24.